The molecule has 0 aliphatic rings. The number of carbonyl (C=O) groups excluding carboxylic acids is 1. The first-order valence-electron chi connectivity index (χ1n) is 7.49. The van der Waals surface area contributed by atoms with E-state index >= 15 is 0 Å². The maximum absolute atomic E-state index is 14.1. The Labute approximate surface area is 141 Å². The monoisotopic (exact) mass is 339 g/mol. The van der Waals surface area contributed by atoms with E-state index in [9.17, 15) is 14.0 Å². The maximum Gasteiger partial charge on any atom is 0.276 e. The second-order valence-electron chi connectivity index (χ2n) is 5.85. The number of nitrogens with one attached hydrogen (secondary N) is 1. The van der Waals surface area contributed by atoms with Crippen molar-refractivity contribution in [2.45, 2.75) is 19.8 Å². The molecule has 0 aliphatic carbocycles. The van der Waals surface area contributed by atoms with Crippen LogP contribution in [0.4, 0.5) is 4.39 Å². The first-order valence-corrected chi connectivity index (χ1v) is 7.49. The van der Waals surface area contributed by atoms with E-state index in [-0.39, 0.29) is 33.9 Å². The Balaban J connectivity index is 2.37. The predicted octanol–water partition coefficient (Wildman–Crippen LogP) is 1.92. The molecule has 8 heteroatoms. The van der Waals surface area contributed by atoms with Gasteiger partial charge in [0.2, 0.25) is 0 Å². The number of benzene rings is 1. The average Bonchev–Trinajstić information content (AvgIpc) is 2.97. The lowest BCUT2D eigenvalue weighted by molar-refractivity contribution is 0.0996. The Bertz CT molecular complexity index is 1100. The average molecular weight is 339 g/mol. The van der Waals surface area contributed by atoms with Gasteiger partial charge in [-0.05, 0) is 18.1 Å². The van der Waals surface area contributed by atoms with Crippen LogP contribution in [-0.4, -0.2) is 20.5 Å². The molecule has 1 amide bonds. The number of halogens is 1. The molecule has 0 radical (unpaired) electrons. The summed E-state index contributed by atoms with van der Waals surface area (Å²) in [6, 6.07) is 5.80. The van der Waals surface area contributed by atoms with Gasteiger partial charge >= 0.3 is 0 Å². The van der Waals surface area contributed by atoms with Gasteiger partial charge in [0.25, 0.3) is 11.5 Å². The number of H-pyrrole nitrogens is 1. The number of aromatic amines is 1. The number of carbonyl (C=O) groups is 1. The van der Waals surface area contributed by atoms with Crippen molar-refractivity contribution in [3.63, 3.8) is 0 Å². The Morgan fingerprint density at radius 1 is 1.44 bits per heavy atom. The zero-order valence-electron chi connectivity index (χ0n) is 13.5. The minimum absolute atomic E-state index is 0.159. The van der Waals surface area contributed by atoms with Gasteiger partial charge in [0.1, 0.15) is 17.4 Å². The SMILES string of the molecule is CC(C)c1c(-c2ccc(C(N)=O)c(F)c2)nc2c(C#N)c[nH]n2c1=O. The fraction of sp³-hybridized carbons (Fsp3) is 0.176. The van der Waals surface area contributed by atoms with E-state index in [0.29, 0.717) is 11.1 Å². The summed E-state index contributed by atoms with van der Waals surface area (Å²) < 4.78 is 15.3. The smallest absolute Gasteiger partial charge is 0.276 e. The lowest BCUT2D eigenvalue weighted by Crippen LogP contribution is -2.22. The van der Waals surface area contributed by atoms with Crippen molar-refractivity contribution in [3.8, 4) is 17.3 Å². The third kappa shape index (κ3) is 2.55. The number of rotatable bonds is 3. The topological polar surface area (TPSA) is 117 Å². The van der Waals surface area contributed by atoms with Crippen LogP contribution in [0.25, 0.3) is 16.9 Å². The molecule has 0 saturated carbocycles. The third-order valence-corrected chi connectivity index (χ3v) is 3.90. The van der Waals surface area contributed by atoms with Crippen molar-refractivity contribution in [1.82, 2.24) is 14.6 Å². The number of hydrogen-bond acceptors (Lipinski definition) is 4. The fourth-order valence-electron chi connectivity index (χ4n) is 2.71. The van der Waals surface area contributed by atoms with Gasteiger partial charge in [0.15, 0.2) is 5.65 Å². The molecule has 0 saturated heterocycles. The normalized spacial score (nSPS) is 11.0. The van der Waals surface area contributed by atoms with Crippen LogP contribution in [0.2, 0.25) is 0 Å². The first kappa shape index (κ1) is 16.4. The minimum atomic E-state index is -0.881. The van der Waals surface area contributed by atoms with Gasteiger partial charge in [-0.25, -0.2) is 13.9 Å². The zero-order valence-corrected chi connectivity index (χ0v) is 13.5. The molecular weight excluding hydrogens is 325 g/mol. The van der Waals surface area contributed by atoms with Crippen LogP contribution in [0.3, 0.4) is 0 Å². The van der Waals surface area contributed by atoms with E-state index in [0.717, 1.165) is 6.07 Å². The van der Waals surface area contributed by atoms with Crippen molar-refractivity contribution in [3.05, 3.63) is 57.3 Å². The van der Waals surface area contributed by atoms with Crippen LogP contribution >= 0.6 is 0 Å². The van der Waals surface area contributed by atoms with Crippen LogP contribution in [0.15, 0.2) is 29.2 Å². The number of aromatic nitrogens is 3. The molecule has 126 valence electrons. The molecule has 0 aliphatic heterocycles. The highest BCUT2D eigenvalue weighted by atomic mass is 19.1. The van der Waals surface area contributed by atoms with Gasteiger partial charge in [0, 0.05) is 17.3 Å². The Morgan fingerprint density at radius 2 is 2.16 bits per heavy atom. The summed E-state index contributed by atoms with van der Waals surface area (Å²) in [5, 5.41) is 11.9. The lowest BCUT2D eigenvalue weighted by Gasteiger charge is -2.12. The lowest BCUT2D eigenvalue weighted by atomic mass is 9.97. The van der Waals surface area contributed by atoms with Crippen LogP contribution in [-0.2, 0) is 0 Å². The quantitative estimate of drug-likeness (QED) is 0.758. The van der Waals surface area contributed by atoms with Crippen LogP contribution in [0.1, 0.15) is 41.3 Å². The Morgan fingerprint density at radius 3 is 2.72 bits per heavy atom. The summed E-state index contributed by atoms with van der Waals surface area (Å²) in [4.78, 5) is 28.4. The molecule has 3 rings (SSSR count). The number of nitriles is 1. The van der Waals surface area contributed by atoms with Gasteiger partial charge in [-0.15, -0.1) is 0 Å². The molecule has 0 spiro atoms. The van der Waals surface area contributed by atoms with E-state index in [1.807, 2.05) is 19.9 Å². The highest BCUT2D eigenvalue weighted by Crippen LogP contribution is 2.27. The molecule has 0 fully saturated rings. The first-order chi connectivity index (χ1) is 11.8. The molecule has 2 aromatic heterocycles. The molecule has 0 bridgehead atoms. The number of primary amides is 1. The molecule has 0 unspecified atom stereocenters. The molecule has 3 aromatic rings. The Hall–Kier alpha value is -3.47. The van der Waals surface area contributed by atoms with E-state index in [1.165, 1.54) is 22.8 Å². The van der Waals surface area contributed by atoms with Crippen molar-refractivity contribution in [1.29, 1.82) is 5.26 Å². The van der Waals surface area contributed by atoms with Gasteiger partial charge in [-0.2, -0.15) is 5.26 Å². The molecular formula is C17H14FN5O2. The predicted molar refractivity (Wildman–Crippen MR) is 88.5 cm³/mol. The van der Waals surface area contributed by atoms with Gasteiger partial charge in [-0.1, -0.05) is 19.9 Å². The number of fused-ring (bicyclic) bond motifs is 1. The number of nitrogens with two attached hydrogens (primary N) is 1. The van der Waals surface area contributed by atoms with E-state index in [4.69, 9.17) is 11.0 Å². The second kappa shape index (κ2) is 5.87. The summed E-state index contributed by atoms with van der Waals surface area (Å²) in [5.74, 6) is -1.87. The molecule has 1 aromatic carbocycles. The van der Waals surface area contributed by atoms with Crippen molar-refractivity contribution >= 4 is 11.6 Å². The largest absolute Gasteiger partial charge is 0.366 e. The maximum atomic E-state index is 14.1. The summed E-state index contributed by atoms with van der Waals surface area (Å²) in [7, 11) is 0. The van der Waals surface area contributed by atoms with E-state index < -0.39 is 11.7 Å². The van der Waals surface area contributed by atoms with Gasteiger partial charge in [0.05, 0.1) is 11.3 Å². The number of hydrogen-bond donors (Lipinski definition) is 2. The van der Waals surface area contributed by atoms with Gasteiger partial charge in [-0.3, -0.25) is 14.7 Å². The summed E-state index contributed by atoms with van der Waals surface area (Å²) in [5.41, 5.74) is 5.83. The van der Waals surface area contributed by atoms with E-state index in [1.54, 1.807) is 0 Å². The number of nitrogens with zero attached hydrogens (tertiary/aromatic N) is 3. The highest BCUT2D eigenvalue weighted by Gasteiger charge is 2.21. The fourth-order valence-corrected chi connectivity index (χ4v) is 2.71. The van der Waals surface area contributed by atoms with Crippen LogP contribution in [0, 0.1) is 17.1 Å². The van der Waals surface area contributed by atoms with Crippen molar-refractivity contribution in [2.24, 2.45) is 5.73 Å². The summed E-state index contributed by atoms with van der Waals surface area (Å²) in [6.07, 6.45) is 1.38. The molecule has 7 nitrogen and oxygen atoms in total. The summed E-state index contributed by atoms with van der Waals surface area (Å²) >= 11 is 0. The minimum Gasteiger partial charge on any atom is -0.366 e. The number of amides is 1. The molecule has 2 heterocycles. The van der Waals surface area contributed by atoms with Gasteiger partial charge < -0.3 is 5.73 Å². The molecule has 25 heavy (non-hydrogen) atoms. The zero-order chi connectivity index (χ0) is 18.3. The standard InChI is InChI=1S/C17H14FN5O2/c1-8(2)13-14(9-3-4-11(15(20)24)12(18)5-9)22-16-10(6-19)7-21-23(16)17(13)25/h3-5,7-8,21H,1-2H3,(H2,20,24). The second-order valence-corrected chi connectivity index (χ2v) is 5.85. The Kier molecular flexibility index (Phi) is 3.85. The van der Waals surface area contributed by atoms with Crippen LogP contribution < -0.4 is 11.3 Å². The van der Waals surface area contributed by atoms with Crippen LogP contribution in [0.5, 0.6) is 0 Å². The molecule has 3 N–H and O–H groups in total. The van der Waals surface area contributed by atoms with Crippen molar-refractivity contribution in [2.75, 3.05) is 0 Å². The van der Waals surface area contributed by atoms with Crippen molar-refractivity contribution < 1.29 is 9.18 Å². The highest BCUT2D eigenvalue weighted by molar-refractivity contribution is 5.93. The third-order valence-electron chi connectivity index (χ3n) is 3.90. The van der Waals surface area contributed by atoms with E-state index in [2.05, 4.69) is 10.1 Å². The summed E-state index contributed by atoms with van der Waals surface area (Å²) in [6.45, 7) is 3.63. The molecule has 0 atom stereocenters.